The van der Waals surface area contributed by atoms with Gasteiger partial charge < -0.3 is 15.2 Å². The minimum Gasteiger partial charge on any atom is -0.385 e. The fourth-order valence-electron chi connectivity index (χ4n) is 4.26. The maximum atomic E-state index is 12.2. The highest BCUT2D eigenvalue weighted by molar-refractivity contribution is 5.93. The zero-order valence-corrected chi connectivity index (χ0v) is 14.3. The predicted octanol–water partition coefficient (Wildman–Crippen LogP) is 3.41. The number of H-pyrrole nitrogens is 1. The Kier molecular flexibility index (Phi) is 3.59. The number of carbonyl (C=O) groups excluding carboxylic acids is 1. The first-order chi connectivity index (χ1) is 11.7. The molecule has 0 saturated heterocycles. The number of fused-ring (bicyclic) bond motifs is 2. The van der Waals surface area contributed by atoms with Crippen LogP contribution in [0.2, 0.25) is 0 Å². The summed E-state index contributed by atoms with van der Waals surface area (Å²) < 4.78 is 0. The lowest BCUT2D eigenvalue weighted by atomic mass is 9.84. The van der Waals surface area contributed by atoms with Crippen LogP contribution in [0, 0.1) is 0 Å². The Morgan fingerprint density at radius 3 is 3.00 bits per heavy atom. The van der Waals surface area contributed by atoms with Gasteiger partial charge in [-0.2, -0.15) is 0 Å². The first-order valence-corrected chi connectivity index (χ1v) is 8.86. The van der Waals surface area contributed by atoms with Crippen molar-refractivity contribution < 1.29 is 4.79 Å². The number of benzene rings is 1. The molecule has 1 aliphatic carbocycles. The van der Waals surface area contributed by atoms with E-state index >= 15 is 0 Å². The zero-order chi connectivity index (χ0) is 16.7. The van der Waals surface area contributed by atoms with Gasteiger partial charge in [-0.15, -0.1) is 0 Å². The number of hydrogen-bond donors (Lipinski definition) is 2. The Labute approximate surface area is 142 Å². The van der Waals surface area contributed by atoms with Crippen LogP contribution in [0.1, 0.15) is 50.3 Å². The number of rotatable bonds is 4. The minimum atomic E-state index is 0.177. The maximum absolute atomic E-state index is 12.2. The van der Waals surface area contributed by atoms with E-state index in [0.29, 0.717) is 18.9 Å². The molecule has 1 saturated carbocycles. The largest absolute Gasteiger partial charge is 0.385 e. The fraction of sp³-hybridized carbons (Fsp3) is 0.474. The molecule has 1 fully saturated rings. The highest BCUT2D eigenvalue weighted by Gasteiger charge is 2.58. The quantitative estimate of drug-likeness (QED) is 0.906. The van der Waals surface area contributed by atoms with E-state index in [1.807, 2.05) is 24.9 Å². The van der Waals surface area contributed by atoms with Crippen LogP contribution in [0.25, 0.3) is 0 Å². The molecule has 2 aliphatic rings. The SMILES string of the molecule is CCC(=O)N(CC)c1ccc2c(c1)C1(CCN2)CC1c1cnc[nH]1. The van der Waals surface area contributed by atoms with Gasteiger partial charge in [0, 0.05) is 54.1 Å². The van der Waals surface area contributed by atoms with Crippen LogP contribution in [0.3, 0.4) is 0 Å². The number of anilines is 2. The third-order valence-corrected chi connectivity index (χ3v) is 5.63. The summed E-state index contributed by atoms with van der Waals surface area (Å²) in [5.74, 6) is 0.684. The van der Waals surface area contributed by atoms with Crippen LogP contribution < -0.4 is 10.2 Å². The van der Waals surface area contributed by atoms with Crippen LogP contribution >= 0.6 is 0 Å². The number of amides is 1. The molecule has 1 aromatic heterocycles. The van der Waals surface area contributed by atoms with E-state index in [4.69, 9.17) is 0 Å². The highest BCUT2D eigenvalue weighted by atomic mass is 16.2. The van der Waals surface area contributed by atoms with Gasteiger partial charge in [-0.3, -0.25) is 4.79 Å². The zero-order valence-electron chi connectivity index (χ0n) is 14.3. The van der Waals surface area contributed by atoms with Crippen LogP contribution in [-0.2, 0) is 10.2 Å². The number of carbonyl (C=O) groups is 1. The molecule has 2 heterocycles. The van der Waals surface area contributed by atoms with Gasteiger partial charge in [0.2, 0.25) is 5.91 Å². The van der Waals surface area contributed by atoms with Crippen LogP contribution in [0.4, 0.5) is 11.4 Å². The van der Waals surface area contributed by atoms with Gasteiger partial charge >= 0.3 is 0 Å². The first-order valence-electron chi connectivity index (χ1n) is 8.86. The molecule has 5 nitrogen and oxygen atoms in total. The summed E-state index contributed by atoms with van der Waals surface area (Å²) in [6.45, 7) is 5.66. The number of aromatic nitrogens is 2. The molecule has 126 valence electrons. The van der Waals surface area contributed by atoms with Gasteiger partial charge in [0.15, 0.2) is 0 Å². The second-order valence-electron chi connectivity index (χ2n) is 6.82. The second-order valence-corrected chi connectivity index (χ2v) is 6.82. The van der Waals surface area contributed by atoms with Crippen molar-refractivity contribution in [3.63, 3.8) is 0 Å². The average molecular weight is 324 g/mol. The van der Waals surface area contributed by atoms with Crippen molar-refractivity contribution in [3.8, 4) is 0 Å². The molecule has 0 radical (unpaired) electrons. The third-order valence-electron chi connectivity index (χ3n) is 5.63. The summed E-state index contributed by atoms with van der Waals surface area (Å²) >= 11 is 0. The van der Waals surface area contributed by atoms with Crippen molar-refractivity contribution in [1.29, 1.82) is 0 Å². The third kappa shape index (κ3) is 2.22. The Bertz CT molecular complexity index is 755. The van der Waals surface area contributed by atoms with Gasteiger partial charge in [0.05, 0.1) is 6.33 Å². The molecule has 2 aromatic rings. The average Bonchev–Trinajstić information content (AvgIpc) is 3.07. The van der Waals surface area contributed by atoms with Gasteiger partial charge in [-0.05, 0) is 43.5 Å². The molecule has 2 atom stereocenters. The van der Waals surface area contributed by atoms with Crippen LogP contribution in [-0.4, -0.2) is 29.0 Å². The summed E-state index contributed by atoms with van der Waals surface area (Å²) in [6.07, 6.45) is 6.52. The van der Waals surface area contributed by atoms with Crippen molar-refractivity contribution in [2.45, 2.75) is 44.4 Å². The lowest BCUT2D eigenvalue weighted by Crippen LogP contribution is -2.31. The monoisotopic (exact) mass is 324 g/mol. The molecule has 24 heavy (non-hydrogen) atoms. The van der Waals surface area contributed by atoms with E-state index in [9.17, 15) is 4.79 Å². The second kappa shape index (κ2) is 5.65. The fourth-order valence-corrected chi connectivity index (χ4v) is 4.26. The highest BCUT2D eigenvalue weighted by Crippen LogP contribution is 2.65. The number of aromatic amines is 1. The molecule has 0 bridgehead atoms. The lowest BCUT2D eigenvalue weighted by molar-refractivity contribution is -0.118. The summed E-state index contributed by atoms with van der Waals surface area (Å²) in [5.41, 5.74) is 5.00. The Morgan fingerprint density at radius 1 is 1.42 bits per heavy atom. The molecule has 1 aromatic carbocycles. The van der Waals surface area contributed by atoms with E-state index in [1.165, 1.54) is 16.9 Å². The molecular weight excluding hydrogens is 300 g/mol. The summed E-state index contributed by atoms with van der Waals surface area (Å²) in [5, 5.41) is 3.52. The van der Waals surface area contributed by atoms with Gasteiger partial charge in [0.1, 0.15) is 0 Å². The molecule has 5 heteroatoms. The van der Waals surface area contributed by atoms with Crippen molar-refractivity contribution in [3.05, 3.63) is 42.0 Å². The van der Waals surface area contributed by atoms with Crippen LogP contribution in [0.5, 0.6) is 0 Å². The Morgan fingerprint density at radius 2 is 2.29 bits per heavy atom. The molecule has 1 aliphatic heterocycles. The number of imidazole rings is 1. The molecule has 4 rings (SSSR count). The van der Waals surface area contributed by atoms with E-state index in [2.05, 4.69) is 33.5 Å². The summed E-state index contributed by atoms with van der Waals surface area (Å²) in [4.78, 5) is 21.6. The first kappa shape index (κ1) is 15.2. The standard InChI is InChI=1S/C19H24N4O/c1-3-18(24)23(4-2)13-5-6-16-14(9-13)19(7-8-21-16)10-15(19)17-11-20-12-22-17/h5-6,9,11-12,15,21H,3-4,7-8,10H2,1-2H3,(H,20,22). The molecule has 2 unspecified atom stereocenters. The molecule has 2 N–H and O–H groups in total. The van der Waals surface area contributed by atoms with Crippen LogP contribution in [0.15, 0.2) is 30.7 Å². The topological polar surface area (TPSA) is 61.0 Å². The summed E-state index contributed by atoms with van der Waals surface area (Å²) in [6, 6.07) is 6.43. The molecule has 1 spiro atoms. The number of hydrogen-bond acceptors (Lipinski definition) is 3. The molecular formula is C19H24N4O. The van der Waals surface area contributed by atoms with Gasteiger partial charge in [0.25, 0.3) is 0 Å². The normalized spacial score (nSPS) is 24.3. The van der Waals surface area contributed by atoms with E-state index in [1.54, 1.807) is 6.33 Å². The lowest BCUT2D eigenvalue weighted by Gasteiger charge is -2.30. The minimum absolute atomic E-state index is 0.177. The molecule has 1 amide bonds. The smallest absolute Gasteiger partial charge is 0.226 e. The van der Waals surface area contributed by atoms with Gasteiger partial charge in [-0.1, -0.05) is 6.92 Å². The summed E-state index contributed by atoms with van der Waals surface area (Å²) in [7, 11) is 0. The van der Waals surface area contributed by atoms with E-state index in [-0.39, 0.29) is 11.3 Å². The van der Waals surface area contributed by atoms with E-state index < -0.39 is 0 Å². The number of nitrogens with zero attached hydrogens (tertiary/aromatic N) is 2. The maximum Gasteiger partial charge on any atom is 0.226 e. The predicted molar refractivity (Wildman–Crippen MR) is 95.5 cm³/mol. The van der Waals surface area contributed by atoms with E-state index in [0.717, 1.165) is 25.1 Å². The van der Waals surface area contributed by atoms with Crippen molar-refractivity contribution in [2.24, 2.45) is 0 Å². The van der Waals surface area contributed by atoms with Crippen molar-refractivity contribution in [1.82, 2.24) is 9.97 Å². The Hall–Kier alpha value is -2.30. The van der Waals surface area contributed by atoms with Crippen molar-refractivity contribution >= 4 is 17.3 Å². The van der Waals surface area contributed by atoms with Gasteiger partial charge in [-0.25, -0.2) is 4.98 Å². The Balaban J connectivity index is 1.72. The van der Waals surface area contributed by atoms with Crippen molar-refractivity contribution in [2.75, 3.05) is 23.3 Å². The number of nitrogens with one attached hydrogen (secondary N) is 2.